The summed E-state index contributed by atoms with van der Waals surface area (Å²) in [6.07, 6.45) is 0. The second-order valence-corrected chi connectivity index (χ2v) is 6.03. The van der Waals surface area contributed by atoms with Crippen molar-refractivity contribution in [2.45, 2.75) is 19.9 Å². The van der Waals surface area contributed by atoms with E-state index >= 15 is 0 Å². The molecule has 0 fully saturated rings. The number of hydrogen-bond acceptors (Lipinski definition) is 3. The molecule has 3 aromatic rings. The Bertz CT molecular complexity index is 881. The summed E-state index contributed by atoms with van der Waals surface area (Å²) in [6.45, 7) is 3.67. The van der Waals surface area contributed by atoms with E-state index < -0.39 is 0 Å². The summed E-state index contributed by atoms with van der Waals surface area (Å²) in [5.41, 5.74) is 2.32. The molecular weight excluding hydrogens is 316 g/mol. The van der Waals surface area contributed by atoms with Crippen LogP contribution in [0.25, 0.3) is 11.0 Å². The summed E-state index contributed by atoms with van der Waals surface area (Å²) >= 11 is 0. The Balaban J connectivity index is 1.55. The van der Waals surface area contributed by atoms with Crippen LogP contribution in [0.15, 0.2) is 59.0 Å². The maximum absolute atomic E-state index is 12.1. The number of aryl methyl sites for hydroxylation is 1. The molecule has 0 aliphatic rings. The van der Waals surface area contributed by atoms with E-state index in [4.69, 9.17) is 4.42 Å². The molecule has 0 bridgehead atoms. The van der Waals surface area contributed by atoms with Crippen molar-refractivity contribution in [1.29, 1.82) is 0 Å². The fraction of sp³-hybridized carbons (Fsp3) is 0.200. The van der Waals surface area contributed by atoms with E-state index in [0.29, 0.717) is 11.3 Å². The van der Waals surface area contributed by atoms with Crippen molar-refractivity contribution in [1.82, 2.24) is 10.6 Å². The SMILES string of the molecule is Cc1cccc(C(=O)NCC(=O)N[C@@H](C)c2cc3ccccc3o2)c1. The third kappa shape index (κ3) is 4.07. The summed E-state index contributed by atoms with van der Waals surface area (Å²) in [7, 11) is 0. The van der Waals surface area contributed by atoms with E-state index in [0.717, 1.165) is 16.5 Å². The number of carbonyl (C=O) groups excluding carboxylic acids is 2. The molecule has 0 radical (unpaired) electrons. The molecule has 2 N–H and O–H groups in total. The van der Waals surface area contributed by atoms with Crippen LogP contribution in [0.3, 0.4) is 0 Å². The van der Waals surface area contributed by atoms with Crippen LogP contribution in [0.1, 0.15) is 34.6 Å². The number of furan rings is 1. The number of hydrogen-bond donors (Lipinski definition) is 2. The molecule has 2 aromatic carbocycles. The van der Waals surface area contributed by atoms with Gasteiger partial charge in [0.15, 0.2) is 0 Å². The van der Waals surface area contributed by atoms with Gasteiger partial charge in [0.1, 0.15) is 11.3 Å². The van der Waals surface area contributed by atoms with Crippen LogP contribution in [0, 0.1) is 6.92 Å². The predicted octanol–water partition coefficient (Wildman–Crippen LogP) is 3.35. The van der Waals surface area contributed by atoms with E-state index in [-0.39, 0.29) is 24.4 Å². The Labute approximate surface area is 146 Å². The van der Waals surface area contributed by atoms with Gasteiger partial charge in [-0.05, 0) is 38.1 Å². The molecule has 3 rings (SSSR count). The zero-order valence-electron chi connectivity index (χ0n) is 14.2. The second-order valence-electron chi connectivity index (χ2n) is 6.03. The summed E-state index contributed by atoms with van der Waals surface area (Å²) in [6, 6.07) is 16.5. The molecule has 5 heteroatoms. The largest absolute Gasteiger partial charge is 0.459 e. The molecule has 0 saturated heterocycles. The molecule has 1 atom stereocenters. The highest BCUT2D eigenvalue weighted by Gasteiger charge is 2.15. The van der Waals surface area contributed by atoms with Crippen LogP contribution in [-0.4, -0.2) is 18.4 Å². The molecule has 1 aromatic heterocycles. The smallest absolute Gasteiger partial charge is 0.251 e. The van der Waals surface area contributed by atoms with E-state index in [9.17, 15) is 9.59 Å². The fourth-order valence-corrected chi connectivity index (χ4v) is 2.63. The van der Waals surface area contributed by atoms with Gasteiger partial charge in [-0.3, -0.25) is 9.59 Å². The van der Waals surface area contributed by atoms with Gasteiger partial charge in [-0.15, -0.1) is 0 Å². The zero-order valence-corrected chi connectivity index (χ0v) is 14.2. The van der Waals surface area contributed by atoms with Crippen molar-refractivity contribution >= 4 is 22.8 Å². The Hall–Kier alpha value is -3.08. The highest BCUT2D eigenvalue weighted by atomic mass is 16.3. The highest BCUT2D eigenvalue weighted by Crippen LogP contribution is 2.23. The number of nitrogens with one attached hydrogen (secondary N) is 2. The first-order valence-electron chi connectivity index (χ1n) is 8.15. The number of amides is 2. The molecule has 0 aliphatic heterocycles. The van der Waals surface area contributed by atoms with Crippen LogP contribution in [0.2, 0.25) is 0 Å². The molecular formula is C20H20N2O3. The van der Waals surface area contributed by atoms with Crippen LogP contribution in [0.4, 0.5) is 0 Å². The van der Waals surface area contributed by atoms with Gasteiger partial charge >= 0.3 is 0 Å². The molecule has 0 aliphatic carbocycles. The van der Waals surface area contributed by atoms with Gasteiger partial charge in [0.25, 0.3) is 5.91 Å². The van der Waals surface area contributed by atoms with E-state index in [1.54, 1.807) is 12.1 Å². The third-order valence-electron chi connectivity index (χ3n) is 3.94. The van der Waals surface area contributed by atoms with Crippen LogP contribution in [0.5, 0.6) is 0 Å². The van der Waals surface area contributed by atoms with Crippen LogP contribution >= 0.6 is 0 Å². The summed E-state index contributed by atoms with van der Waals surface area (Å²) in [5.74, 6) is 0.142. The van der Waals surface area contributed by atoms with Gasteiger partial charge < -0.3 is 15.1 Å². The van der Waals surface area contributed by atoms with E-state index in [2.05, 4.69) is 10.6 Å². The molecule has 0 unspecified atom stereocenters. The molecule has 128 valence electrons. The average molecular weight is 336 g/mol. The molecule has 25 heavy (non-hydrogen) atoms. The Morgan fingerprint density at radius 3 is 2.64 bits per heavy atom. The number of fused-ring (bicyclic) bond motifs is 1. The van der Waals surface area contributed by atoms with Crippen LogP contribution < -0.4 is 10.6 Å². The highest BCUT2D eigenvalue weighted by molar-refractivity contribution is 5.96. The van der Waals surface area contributed by atoms with Gasteiger partial charge in [0.2, 0.25) is 5.91 Å². The number of carbonyl (C=O) groups is 2. The van der Waals surface area contributed by atoms with Crippen molar-refractivity contribution in [2.24, 2.45) is 0 Å². The lowest BCUT2D eigenvalue weighted by Crippen LogP contribution is -2.37. The zero-order chi connectivity index (χ0) is 17.8. The van der Waals surface area contributed by atoms with Gasteiger partial charge in [-0.2, -0.15) is 0 Å². The quantitative estimate of drug-likeness (QED) is 0.750. The summed E-state index contributed by atoms with van der Waals surface area (Å²) in [4.78, 5) is 24.1. The van der Waals surface area contributed by atoms with Crippen molar-refractivity contribution in [2.75, 3.05) is 6.54 Å². The first-order chi connectivity index (χ1) is 12.0. The number of rotatable bonds is 5. The van der Waals surface area contributed by atoms with Crippen molar-refractivity contribution in [3.8, 4) is 0 Å². The van der Waals surface area contributed by atoms with Gasteiger partial charge in [0.05, 0.1) is 12.6 Å². The van der Waals surface area contributed by atoms with Gasteiger partial charge in [0, 0.05) is 10.9 Å². The molecule has 0 spiro atoms. The molecule has 0 saturated carbocycles. The minimum absolute atomic E-state index is 0.0860. The molecule has 2 amide bonds. The first kappa shape index (κ1) is 16.8. The molecule has 1 heterocycles. The number of benzene rings is 2. The average Bonchev–Trinajstić information content (AvgIpc) is 3.04. The van der Waals surface area contributed by atoms with Crippen molar-refractivity contribution < 1.29 is 14.0 Å². The third-order valence-corrected chi connectivity index (χ3v) is 3.94. The van der Waals surface area contributed by atoms with E-state index in [1.807, 2.05) is 56.3 Å². The predicted molar refractivity (Wildman–Crippen MR) is 96.3 cm³/mol. The Kier molecular flexibility index (Phi) is 4.84. The topological polar surface area (TPSA) is 71.3 Å². The maximum atomic E-state index is 12.1. The van der Waals surface area contributed by atoms with Gasteiger partial charge in [-0.1, -0.05) is 35.9 Å². The van der Waals surface area contributed by atoms with Crippen molar-refractivity contribution in [3.05, 3.63) is 71.5 Å². The van der Waals surface area contributed by atoms with Crippen LogP contribution in [-0.2, 0) is 4.79 Å². The minimum Gasteiger partial charge on any atom is -0.459 e. The van der Waals surface area contributed by atoms with Crippen molar-refractivity contribution in [3.63, 3.8) is 0 Å². The Morgan fingerprint density at radius 2 is 1.88 bits per heavy atom. The summed E-state index contributed by atoms with van der Waals surface area (Å²) < 4.78 is 5.74. The standard InChI is InChI=1S/C20H20N2O3/c1-13-6-5-8-16(10-13)20(24)21-12-19(23)22-14(2)18-11-15-7-3-4-9-17(15)25-18/h3-11,14H,12H2,1-2H3,(H,21,24)(H,22,23)/t14-/m0/s1. The van der Waals surface area contributed by atoms with Gasteiger partial charge in [-0.25, -0.2) is 0 Å². The maximum Gasteiger partial charge on any atom is 0.251 e. The molecule has 5 nitrogen and oxygen atoms in total. The lowest BCUT2D eigenvalue weighted by molar-refractivity contribution is -0.120. The normalized spacial score (nSPS) is 11.9. The first-order valence-corrected chi connectivity index (χ1v) is 8.15. The van der Waals surface area contributed by atoms with E-state index in [1.165, 1.54) is 0 Å². The second kappa shape index (κ2) is 7.21. The lowest BCUT2D eigenvalue weighted by atomic mass is 10.1. The minimum atomic E-state index is -0.282. The summed E-state index contributed by atoms with van der Waals surface area (Å²) in [5, 5.41) is 6.45. The lowest BCUT2D eigenvalue weighted by Gasteiger charge is -2.12. The monoisotopic (exact) mass is 336 g/mol. The Morgan fingerprint density at radius 1 is 1.08 bits per heavy atom. The fourth-order valence-electron chi connectivity index (χ4n) is 2.63. The number of para-hydroxylation sites is 1.